The molecule has 1 fully saturated rings. The molecule has 0 aromatic carbocycles. The van der Waals surface area contributed by atoms with E-state index < -0.39 is 0 Å². The smallest absolute Gasteiger partial charge is 0.241 e. The molecular weight excluding hydrogens is 272 g/mol. The van der Waals surface area contributed by atoms with Gasteiger partial charge in [0.25, 0.3) is 0 Å². The molecule has 9 nitrogen and oxygen atoms in total. The lowest BCUT2D eigenvalue weighted by molar-refractivity contribution is -0.129. The van der Waals surface area contributed by atoms with E-state index in [0.29, 0.717) is 38.1 Å². The number of rotatable bonds is 2. The molecule has 1 saturated heterocycles. The molecule has 2 N–H and O–H groups in total. The zero-order valence-corrected chi connectivity index (χ0v) is 11.7. The fourth-order valence-corrected chi connectivity index (χ4v) is 2.23. The van der Waals surface area contributed by atoms with Gasteiger partial charge >= 0.3 is 0 Å². The number of nitrogen functional groups attached to an aromatic ring is 1. The summed E-state index contributed by atoms with van der Waals surface area (Å²) in [6, 6.07) is 0. The molecule has 3 heterocycles. The first-order chi connectivity index (χ1) is 10.1. The highest BCUT2D eigenvalue weighted by atomic mass is 16.2. The van der Waals surface area contributed by atoms with E-state index in [4.69, 9.17) is 5.73 Å². The second-order valence-corrected chi connectivity index (χ2v) is 4.76. The van der Waals surface area contributed by atoms with Gasteiger partial charge in [-0.25, -0.2) is 4.98 Å². The maximum absolute atomic E-state index is 11.3. The minimum Gasteiger partial charge on any atom is -0.368 e. The Morgan fingerprint density at radius 2 is 1.86 bits per heavy atom. The average molecular weight is 288 g/mol. The van der Waals surface area contributed by atoms with Gasteiger partial charge < -0.3 is 15.5 Å². The molecule has 0 aliphatic carbocycles. The van der Waals surface area contributed by atoms with E-state index in [1.807, 2.05) is 4.90 Å². The molecule has 9 heteroatoms. The summed E-state index contributed by atoms with van der Waals surface area (Å²) in [6.45, 7) is 4.23. The molecule has 0 bridgehead atoms. The lowest BCUT2D eigenvalue weighted by Gasteiger charge is -2.34. The predicted molar refractivity (Wildman–Crippen MR) is 75.8 cm³/mol. The van der Waals surface area contributed by atoms with Gasteiger partial charge in [0.05, 0.1) is 0 Å². The van der Waals surface area contributed by atoms with Gasteiger partial charge in [0.15, 0.2) is 0 Å². The highest BCUT2D eigenvalue weighted by Gasteiger charge is 2.21. The van der Waals surface area contributed by atoms with Crippen LogP contribution in [0, 0.1) is 0 Å². The summed E-state index contributed by atoms with van der Waals surface area (Å²) in [5.74, 6) is 1.21. The Balaban J connectivity index is 1.82. The largest absolute Gasteiger partial charge is 0.368 e. The Morgan fingerprint density at radius 1 is 1.14 bits per heavy atom. The quantitative estimate of drug-likeness (QED) is 0.779. The number of amides is 1. The molecule has 1 amide bonds. The lowest BCUT2D eigenvalue weighted by atomic mass is 10.3. The number of nitrogens with two attached hydrogens (primary N) is 1. The molecule has 0 saturated carbocycles. The highest BCUT2D eigenvalue weighted by Crippen LogP contribution is 2.14. The molecule has 2 aromatic heterocycles. The Morgan fingerprint density at radius 3 is 2.48 bits per heavy atom. The molecule has 0 unspecified atom stereocenters. The third-order valence-corrected chi connectivity index (χ3v) is 3.37. The van der Waals surface area contributed by atoms with Crippen LogP contribution in [0.2, 0.25) is 0 Å². The topological polar surface area (TPSA) is 106 Å². The number of hydrogen-bond donors (Lipinski definition) is 1. The van der Waals surface area contributed by atoms with Crippen molar-refractivity contribution in [3.05, 3.63) is 18.7 Å². The van der Waals surface area contributed by atoms with Crippen molar-refractivity contribution in [2.45, 2.75) is 6.92 Å². The van der Waals surface area contributed by atoms with Crippen molar-refractivity contribution < 1.29 is 4.79 Å². The Bertz CT molecular complexity index is 633. The summed E-state index contributed by atoms with van der Waals surface area (Å²) >= 11 is 0. The molecule has 0 spiro atoms. The standard InChI is InChI=1S/C12H16N8O/c1-9(21)18-4-6-19(7-5-18)11-15-10(13)16-12(17-11)20-3-2-14-8-20/h2-3,8H,4-7H2,1H3,(H2,13,15,16,17). The lowest BCUT2D eigenvalue weighted by Crippen LogP contribution is -2.48. The Labute approximate surface area is 121 Å². The van der Waals surface area contributed by atoms with Crippen LogP contribution in [0.3, 0.4) is 0 Å². The summed E-state index contributed by atoms with van der Waals surface area (Å²) in [7, 11) is 0. The van der Waals surface area contributed by atoms with Gasteiger partial charge in [-0.1, -0.05) is 0 Å². The number of piperazine rings is 1. The number of carbonyl (C=O) groups is 1. The summed E-state index contributed by atoms with van der Waals surface area (Å²) in [5, 5.41) is 0. The van der Waals surface area contributed by atoms with Gasteiger partial charge in [-0.2, -0.15) is 15.0 Å². The van der Waals surface area contributed by atoms with Crippen molar-refractivity contribution >= 4 is 17.8 Å². The minimum absolute atomic E-state index is 0.0870. The van der Waals surface area contributed by atoms with E-state index in [2.05, 4.69) is 19.9 Å². The van der Waals surface area contributed by atoms with Crippen LogP contribution < -0.4 is 10.6 Å². The normalized spacial score (nSPS) is 15.3. The van der Waals surface area contributed by atoms with Crippen LogP contribution in [0.5, 0.6) is 0 Å². The summed E-state index contributed by atoms with van der Waals surface area (Å²) in [5.41, 5.74) is 5.76. The van der Waals surface area contributed by atoms with Crippen LogP contribution in [0.1, 0.15) is 6.92 Å². The fourth-order valence-electron chi connectivity index (χ4n) is 2.23. The van der Waals surface area contributed by atoms with Gasteiger partial charge in [-0.15, -0.1) is 0 Å². The van der Waals surface area contributed by atoms with E-state index in [-0.39, 0.29) is 11.9 Å². The van der Waals surface area contributed by atoms with Crippen LogP contribution in [0.4, 0.5) is 11.9 Å². The number of anilines is 2. The first-order valence-electron chi connectivity index (χ1n) is 6.64. The van der Waals surface area contributed by atoms with E-state index >= 15 is 0 Å². The van der Waals surface area contributed by atoms with Crippen LogP contribution >= 0.6 is 0 Å². The molecule has 110 valence electrons. The van der Waals surface area contributed by atoms with E-state index in [1.54, 1.807) is 35.1 Å². The highest BCUT2D eigenvalue weighted by molar-refractivity contribution is 5.73. The SMILES string of the molecule is CC(=O)N1CCN(c2nc(N)nc(-n3ccnc3)n2)CC1. The van der Waals surface area contributed by atoms with E-state index in [9.17, 15) is 4.79 Å². The number of hydrogen-bond acceptors (Lipinski definition) is 7. The maximum atomic E-state index is 11.3. The second kappa shape index (κ2) is 5.35. The summed E-state index contributed by atoms with van der Waals surface area (Å²) < 4.78 is 1.67. The molecule has 21 heavy (non-hydrogen) atoms. The van der Waals surface area contributed by atoms with E-state index in [0.717, 1.165) is 0 Å². The number of carbonyl (C=O) groups excluding carboxylic acids is 1. The number of aromatic nitrogens is 5. The third-order valence-electron chi connectivity index (χ3n) is 3.37. The van der Waals surface area contributed by atoms with Crippen LogP contribution in [-0.4, -0.2) is 61.5 Å². The maximum Gasteiger partial charge on any atom is 0.241 e. The van der Waals surface area contributed by atoms with Crippen molar-refractivity contribution in [2.24, 2.45) is 0 Å². The predicted octanol–water partition coefficient (Wildman–Crippen LogP) is -0.692. The summed E-state index contributed by atoms with van der Waals surface area (Å²) in [6.07, 6.45) is 4.99. The molecular formula is C12H16N8O. The molecule has 1 aliphatic heterocycles. The molecule has 3 rings (SSSR count). The van der Waals surface area contributed by atoms with Gasteiger partial charge in [0, 0.05) is 45.5 Å². The Hall–Kier alpha value is -2.71. The van der Waals surface area contributed by atoms with Crippen molar-refractivity contribution in [1.82, 2.24) is 29.4 Å². The number of nitrogens with zero attached hydrogens (tertiary/aromatic N) is 7. The fraction of sp³-hybridized carbons (Fsp3) is 0.417. The monoisotopic (exact) mass is 288 g/mol. The van der Waals surface area contributed by atoms with Gasteiger partial charge in [-0.05, 0) is 0 Å². The zero-order valence-electron chi connectivity index (χ0n) is 11.7. The van der Waals surface area contributed by atoms with Crippen molar-refractivity contribution in [3.63, 3.8) is 0 Å². The van der Waals surface area contributed by atoms with Crippen LogP contribution in [-0.2, 0) is 4.79 Å². The first kappa shape index (κ1) is 13.3. The molecule has 2 aromatic rings. The van der Waals surface area contributed by atoms with Gasteiger partial charge in [0.2, 0.25) is 23.8 Å². The molecule has 1 aliphatic rings. The third kappa shape index (κ3) is 2.76. The van der Waals surface area contributed by atoms with Gasteiger partial charge in [-0.3, -0.25) is 9.36 Å². The molecule has 0 atom stereocenters. The Kier molecular flexibility index (Phi) is 3.38. The van der Waals surface area contributed by atoms with Crippen LogP contribution in [0.15, 0.2) is 18.7 Å². The summed E-state index contributed by atoms with van der Waals surface area (Å²) in [4.78, 5) is 31.8. The van der Waals surface area contributed by atoms with E-state index in [1.165, 1.54) is 0 Å². The van der Waals surface area contributed by atoms with Gasteiger partial charge in [0.1, 0.15) is 6.33 Å². The number of imidazole rings is 1. The second-order valence-electron chi connectivity index (χ2n) is 4.76. The van der Waals surface area contributed by atoms with Crippen molar-refractivity contribution in [3.8, 4) is 5.95 Å². The zero-order chi connectivity index (χ0) is 14.8. The van der Waals surface area contributed by atoms with Crippen molar-refractivity contribution in [2.75, 3.05) is 36.8 Å². The first-order valence-corrected chi connectivity index (χ1v) is 6.64. The van der Waals surface area contributed by atoms with Crippen LogP contribution in [0.25, 0.3) is 5.95 Å². The minimum atomic E-state index is 0.0870. The molecule has 0 radical (unpaired) electrons. The van der Waals surface area contributed by atoms with Crippen molar-refractivity contribution in [1.29, 1.82) is 0 Å². The average Bonchev–Trinajstić information content (AvgIpc) is 3.01.